The number of ether oxygens (including phenoxy) is 1. The zero-order valence-corrected chi connectivity index (χ0v) is 11.5. The van der Waals surface area contributed by atoms with Crippen LogP contribution in [0.5, 0.6) is 5.75 Å². The van der Waals surface area contributed by atoms with Gasteiger partial charge >= 0.3 is 5.97 Å². The van der Waals surface area contributed by atoms with Gasteiger partial charge in [-0.15, -0.1) is 0 Å². The number of rotatable bonds is 6. The average molecular weight is 311 g/mol. The van der Waals surface area contributed by atoms with Crippen molar-refractivity contribution < 1.29 is 14.6 Å². The van der Waals surface area contributed by atoms with Crippen molar-refractivity contribution in [3.63, 3.8) is 0 Å². The summed E-state index contributed by atoms with van der Waals surface area (Å²) in [6, 6.07) is 5.60. The molecule has 0 radical (unpaired) electrons. The molecular weight excluding hydrogens is 296 g/mol. The molecule has 1 aromatic rings. The van der Waals surface area contributed by atoms with Crippen LogP contribution < -0.4 is 4.74 Å². The van der Waals surface area contributed by atoms with Crippen LogP contribution in [0.1, 0.15) is 24.8 Å². The van der Waals surface area contributed by atoms with Gasteiger partial charge in [0.2, 0.25) is 0 Å². The summed E-state index contributed by atoms with van der Waals surface area (Å²) in [5.41, 5.74) is 0.780. The molecule has 1 aliphatic carbocycles. The number of hydrogen-bond acceptors (Lipinski definition) is 2. The van der Waals surface area contributed by atoms with Crippen molar-refractivity contribution in [3.05, 3.63) is 34.3 Å². The molecule has 0 saturated heterocycles. The van der Waals surface area contributed by atoms with Gasteiger partial charge in [0.15, 0.2) is 0 Å². The van der Waals surface area contributed by atoms with Gasteiger partial charge in [-0.3, -0.25) is 0 Å². The predicted molar refractivity (Wildman–Crippen MR) is 73.6 cm³/mol. The molecule has 4 heteroatoms. The van der Waals surface area contributed by atoms with Gasteiger partial charge in [-0.2, -0.15) is 0 Å². The molecule has 96 valence electrons. The van der Waals surface area contributed by atoms with Crippen LogP contribution in [-0.2, 0) is 4.79 Å². The zero-order chi connectivity index (χ0) is 13.0. The summed E-state index contributed by atoms with van der Waals surface area (Å²) < 4.78 is 6.61. The lowest BCUT2D eigenvalue weighted by Gasteiger charge is -2.10. The predicted octanol–water partition coefficient (Wildman–Crippen LogP) is 3.73. The highest BCUT2D eigenvalue weighted by atomic mass is 79.9. The second kappa shape index (κ2) is 6.05. The van der Waals surface area contributed by atoms with Gasteiger partial charge < -0.3 is 9.84 Å². The highest BCUT2D eigenvalue weighted by molar-refractivity contribution is 9.10. The summed E-state index contributed by atoms with van der Waals surface area (Å²) in [6.45, 7) is 0.682. The monoisotopic (exact) mass is 310 g/mol. The number of aliphatic carboxylic acids is 1. The average Bonchev–Trinajstić information content (AvgIpc) is 3.13. The molecule has 3 nitrogen and oxygen atoms in total. The normalized spacial score (nSPS) is 14.9. The number of carboxylic acid groups (broad SMARTS) is 1. The number of carboxylic acids is 1. The molecule has 0 unspecified atom stereocenters. The van der Waals surface area contributed by atoms with Crippen molar-refractivity contribution in [2.75, 3.05) is 6.61 Å². The van der Waals surface area contributed by atoms with Crippen LogP contribution in [-0.4, -0.2) is 17.7 Å². The van der Waals surface area contributed by atoms with Crippen molar-refractivity contribution >= 4 is 28.0 Å². The molecule has 2 rings (SSSR count). The molecule has 0 aliphatic heterocycles. The lowest BCUT2D eigenvalue weighted by Crippen LogP contribution is -2.00. The van der Waals surface area contributed by atoms with Gasteiger partial charge in [0.1, 0.15) is 5.75 Å². The van der Waals surface area contributed by atoms with Crippen LogP contribution in [0.4, 0.5) is 0 Å². The standard InChI is InChI=1S/C14H15BrO3/c15-12-3-1-2-11(6-7-13(16)17)14(12)18-9-8-10-4-5-10/h1-3,6-7,10H,4-5,8-9H2,(H,16,17). The summed E-state index contributed by atoms with van der Waals surface area (Å²) in [5, 5.41) is 8.65. The first-order valence-corrected chi connectivity index (χ1v) is 6.78. The molecule has 1 aliphatic rings. The Hall–Kier alpha value is -1.29. The highest BCUT2D eigenvalue weighted by Crippen LogP contribution is 2.34. The Morgan fingerprint density at radius 3 is 2.94 bits per heavy atom. The van der Waals surface area contributed by atoms with E-state index < -0.39 is 5.97 Å². The first-order valence-electron chi connectivity index (χ1n) is 5.99. The molecule has 1 fully saturated rings. The SMILES string of the molecule is O=C(O)C=Cc1cccc(Br)c1OCCC1CC1. The van der Waals surface area contributed by atoms with E-state index in [4.69, 9.17) is 9.84 Å². The Balaban J connectivity index is 2.06. The second-order valence-electron chi connectivity index (χ2n) is 4.41. The van der Waals surface area contributed by atoms with Crippen molar-refractivity contribution in [3.8, 4) is 5.75 Å². The fraction of sp³-hybridized carbons (Fsp3) is 0.357. The zero-order valence-electron chi connectivity index (χ0n) is 9.93. The van der Waals surface area contributed by atoms with E-state index in [2.05, 4.69) is 15.9 Å². The Morgan fingerprint density at radius 1 is 1.50 bits per heavy atom. The molecule has 0 heterocycles. The molecule has 1 saturated carbocycles. The second-order valence-corrected chi connectivity index (χ2v) is 5.26. The van der Waals surface area contributed by atoms with E-state index in [0.29, 0.717) is 6.61 Å². The fourth-order valence-electron chi connectivity index (χ4n) is 1.70. The minimum Gasteiger partial charge on any atom is -0.492 e. The third-order valence-corrected chi connectivity index (χ3v) is 3.50. The summed E-state index contributed by atoms with van der Waals surface area (Å²) in [7, 11) is 0. The van der Waals surface area contributed by atoms with Crippen molar-refractivity contribution in [1.29, 1.82) is 0 Å². The third-order valence-electron chi connectivity index (χ3n) is 2.87. The lowest BCUT2D eigenvalue weighted by atomic mass is 10.2. The van der Waals surface area contributed by atoms with E-state index in [0.717, 1.165) is 34.2 Å². The topological polar surface area (TPSA) is 46.5 Å². The number of para-hydroxylation sites is 1. The molecule has 0 spiro atoms. The van der Waals surface area contributed by atoms with Crippen molar-refractivity contribution in [1.82, 2.24) is 0 Å². The number of carbonyl (C=O) groups is 1. The molecule has 1 aromatic carbocycles. The van der Waals surface area contributed by atoms with E-state index >= 15 is 0 Å². The maximum Gasteiger partial charge on any atom is 0.328 e. The summed E-state index contributed by atoms with van der Waals surface area (Å²) in [6.07, 6.45) is 6.37. The van der Waals surface area contributed by atoms with Crippen LogP contribution in [0.2, 0.25) is 0 Å². The van der Waals surface area contributed by atoms with Crippen LogP contribution in [0.3, 0.4) is 0 Å². The smallest absolute Gasteiger partial charge is 0.328 e. The molecule has 0 aromatic heterocycles. The summed E-state index contributed by atoms with van der Waals surface area (Å²) in [4.78, 5) is 10.5. The number of hydrogen-bond donors (Lipinski definition) is 1. The van der Waals surface area contributed by atoms with Crippen LogP contribution in [0.15, 0.2) is 28.7 Å². The van der Waals surface area contributed by atoms with E-state index in [1.807, 2.05) is 18.2 Å². The van der Waals surface area contributed by atoms with Gasteiger partial charge in [-0.25, -0.2) is 4.79 Å². The molecule has 0 amide bonds. The first-order chi connectivity index (χ1) is 8.66. The molecule has 0 bridgehead atoms. The Labute approximate surface area is 115 Å². The Bertz CT molecular complexity index is 464. The Morgan fingerprint density at radius 2 is 2.28 bits per heavy atom. The number of benzene rings is 1. The third kappa shape index (κ3) is 3.88. The fourth-order valence-corrected chi connectivity index (χ4v) is 2.20. The maximum atomic E-state index is 10.5. The lowest BCUT2D eigenvalue weighted by molar-refractivity contribution is -0.131. The number of halogens is 1. The van der Waals surface area contributed by atoms with Crippen LogP contribution >= 0.6 is 15.9 Å². The largest absolute Gasteiger partial charge is 0.492 e. The van der Waals surface area contributed by atoms with Crippen LogP contribution in [0, 0.1) is 5.92 Å². The molecule has 0 atom stereocenters. The van der Waals surface area contributed by atoms with E-state index in [9.17, 15) is 4.79 Å². The van der Waals surface area contributed by atoms with Crippen molar-refractivity contribution in [2.45, 2.75) is 19.3 Å². The molecule has 18 heavy (non-hydrogen) atoms. The van der Waals surface area contributed by atoms with Gasteiger partial charge in [-0.05, 0) is 40.4 Å². The molecule has 1 N–H and O–H groups in total. The summed E-state index contributed by atoms with van der Waals surface area (Å²) in [5.74, 6) is 0.583. The van der Waals surface area contributed by atoms with E-state index in [-0.39, 0.29) is 0 Å². The molecular formula is C14H15BrO3. The Kier molecular flexibility index (Phi) is 4.42. The first kappa shape index (κ1) is 13.1. The minimum absolute atomic E-state index is 0.682. The van der Waals surface area contributed by atoms with Gasteiger partial charge in [0.05, 0.1) is 11.1 Å². The van der Waals surface area contributed by atoms with Crippen molar-refractivity contribution in [2.24, 2.45) is 5.92 Å². The summed E-state index contributed by atoms with van der Waals surface area (Å²) >= 11 is 3.43. The van der Waals surface area contributed by atoms with E-state index in [1.54, 1.807) is 6.08 Å². The van der Waals surface area contributed by atoms with Gasteiger partial charge in [0, 0.05) is 11.6 Å². The maximum absolute atomic E-state index is 10.5. The quantitative estimate of drug-likeness (QED) is 0.814. The van der Waals surface area contributed by atoms with E-state index in [1.165, 1.54) is 12.8 Å². The van der Waals surface area contributed by atoms with Gasteiger partial charge in [0.25, 0.3) is 0 Å². The minimum atomic E-state index is -0.959. The van der Waals surface area contributed by atoms with Crippen LogP contribution in [0.25, 0.3) is 6.08 Å². The highest BCUT2D eigenvalue weighted by Gasteiger charge is 2.21. The van der Waals surface area contributed by atoms with Gasteiger partial charge in [-0.1, -0.05) is 25.0 Å².